The highest BCUT2D eigenvalue weighted by atomic mass is 16.4. The molecule has 2 rings (SSSR count). The van der Waals surface area contributed by atoms with Crippen molar-refractivity contribution < 1.29 is 9.21 Å². The number of nitrogens with two attached hydrogens (primary N) is 1. The molecule has 1 aromatic heterocycles. The monoisotopic (exact) mass is 317 g/mol. The minimum atomic E-state index is -0.626. The molecule has 0 radical (unpaired) electrons. The Morgan fingerprint density at radius 1 is 1.26 bits per heavy atom. The predicted molar refractivity (Wildman–Crippen MR) is 92.0 cm³/mol. The smallest absolute Gasteiger partial charge is 0.349 e. The lowest BCUT2D eigenvalue weighted by Crippen LogP contribution is -2.30. The molecule has 6 nitrogen and oxygen atoms in total. The quantitative estimate of drug-likeness (QED) is 0.599. The van der Waals surface area contributed by atoms with Gasteiger partial charge in [-0.3, -0.25) is 4.79 Å². The summed E-state index contributed by atoms with van der Waals surface area (Å²) in [6.07, 6.45) is 0.665. The van der Waals surface area contributed by atoms with Crippen LogP contribution in [0.4, 0.5) is 5.69 Å². The van der Waals surface area contributed by atoms with E-state index in [1.165, 1.54) is 0 Å². The van der Waals surface area contributed by atoms with E-state index in [1.54, 1.807) is 6.07 Å². The average Bonchev–Trinajstić information content (AvgIpc) is 2.55. The van der Waals surface area contributed by atoms with E-state index >= 15 is 0 Å². The molecule has 1 amide bonds. The molecule has 6 heteroatoms. The number of nitrogens with zero attached hydrogens (tertiary/aromatic N) is 1. The molecule has 23 heavy (non-hydrogen) atoms. The molecule has 0 saturated carbocycles. The molecule has 0 fully saturated rings. The van der Waals surface area contributed by atoms with E-state index in [1.807, 2.05) is 18.2 Å². The number of amides is 1. The molecule has 0 saturated heterocycles. The molecule has 0 aliphatic heterocycles. The fourth-order valence-electron chi connectivity index (χ4n) is 2.44. The lowest BCUT2D eigenvalue weighted by molar-refractivity contribution is 0.0950. The number of hydrogen-bond donors (Lipinski definition) is 2. The number of benzene rings is 1. The maximum atomic E-state index is 12.1. The van der Waals surface area contributed by atoms with Gasteiger partial charge in [-0.15, -0.1) is 0 Å². The van der Waals surface area contributed by atoms with Crippen molar-refractivity contribution in [2.24, 2.45) is 5.73 Å². The van der Waals surface area contributed by atoms with Crippen molar-refractivity contribution in [2.75, 3.05) is 31.1 Å². The Labute approximate surface area is 135 Å². The van der Waals surface area contributed by atoms with Gasteiger partial charge >= 0.3 is 5.63 Å². The number of carbonyl (C=O) groups is 1. The molecule has 1 aromatic carbocycles. The molecule has 0 spiro atoms. The number of hydrogen-bond acceptors (Lipinski definition) is 5. The van der Waals surface area contributed by atoms with Crippen LogP contribution in [0.3, 0.4) is 0 Å². The highest BCUT2D eigenvalue weighted by Crippen LogP contribution is 2.21. The van der Waals surface area contributed by atoms with Crippen molar-refractivity contribution in [3.8, 4) is 0 Å². The molecule has 1 heterocycles. The van der Waals surface area contributed by atoms with Gasteiger partial charge in [-0.25, -0.2) is 4.79 Å². The van der Waals surface area contributed by atoms with E-state index in [9.17, 15) is 9.59 Å². The van der Waals surface area contributed by atoms with E-state index in [-0.39, 0.29) is 5.56 Å². The summed E-state index contributed by atoms with van der Waals surface area (Å²) in [5.41, 5.74) is 6.25. The van der Waals surface area contributed by atoms with Gasteiger partial charge in [-0.05, 0) is 45.0 Å². The molecular formula is C17H23N3O3. The Morgan fingerprint density at radius 3 is 2.65 bits per heavy atom. The SMILES string of the molecule is CCN(CC)c1ccc2cc(C(=O)NCCCN)c(=O)oc2c1. The van der Waals surface area contributed by atoms with Gasteiger partial charge in [0.1, 0.15) is 11.1 Å². The van der Waals surface area contributed by atoms with Gasteiger partial charge in [0.2, 0.25) is 0 Å². The standard InChI is InChI=1S/C17H23N3O3/c1-3-20(4-2)13-7-6-12-10-14(16(21)19-9-5-8-18)17(22)23-15(12)11-13/h6-7,10-11H,3-5,8-9,18H2,1-2H3,(H,19,21). The van der Waals surface area contributed by atoms with Crippen LogP contribution < -0.4 is 21.6 Å². The van der Waals surface area contributed by atoms with Crippen molar-refractivity contribution in [1.82, 2.24) is 5.32 Å². The van der Waals surface area contributed by atoms with E-state index in [4.69, 9.17) is 10.2 Å². The van der Waals surface area contributed by atoms with Crippen molar-refractivity contribution in [2.45, 2.75) is 20.3 Å². The molecule has 2 aromatic rings. The summed E-state index contributed by atoms with van der Waals surface area (Å²) in [6, 6.07) is 7.23. The van der Waals surface area contributed by atoms with Crippen molar-refractivity contribution in [3.05, 3.63) is 40.2 Å². The summed E-state index contributed by atoms with van der Waals surface area (Å²) in [4.78, 5) is 26.3. The summed E-state index contributed by atoms with van der Waals surface area (Å²) in [6.45, 7) is 6.80. The molecule has 0 aliphatic rings. The van der Waals surface area contributed by atoms with Gasteiger partial charge in [0, 0.05) is 36.8 Å². The Bertz CT molecular complexity index is 735. The Morgan fingerprint density at radius 2 is 2.00 bits per heavy atom. The zero-order chi connectivity index (χ0) is 16.8. The Kier molecular flexibility index (Phi) is 5.76. The molecule has 3 N–H and O–H groups in total. The van der Waals surface area contributed by atoms with Gasteiger partial charge < -0.3 is 20.4 Å². The second-order valence-corrected chi connectivity index (χ2v) is 5.24. The second kappa shape index (κ2) is 7.78. The van der Waals surface area contributed by atoms with Crippen LogP contribution in [0.5, 0.6) is 0 Å². The predicted octanol–water partition coefficient (Wildman–Crippen LogP) is 1.72. The van der Waals surface area contributed by atoms with Crippen molar-refractivity contribution >= 4 is 22.6 Å². The lowest BCUT2D eigenvalue weighted by atomic mass is 10.1. The van der Waals surface area contributed by atoms with Gasteiger partial charge in [-0.1, -0.05) is 0 Å². The number of rotatable bonds is 7. The maximum Gasteiger partial charge on any atom is 0.349 e. The normalized spacial score (nSPS) is 10.7. The summed E-state index contributed by atoms with van der Waals surface area (Å²) >= 11 is 0. The minimum Gasteiger partial charge on any atom is -0.422 e. The molecule has 0 unspecified atom stereocenters. The molecule has 0 bridgehead atoms. The molecule has 0 atom stereocenters. The van der Waals surface area contributed by atoms with Crippen LogP contribution in [-0.4, -0.2) is 32.1 Å². The van der Waals surface area contributed by atoms with E-state index in [0.717, 1.165) is 24.2 Å². The molecular weight excluding hydrogens is 294 g/mol. The molecule has 0 aliphatic carbocycles. The number of anilines is 1. The van der Waals surface area contributed by atoms with E-state index < -0.39 is 11.5 Å². The van der Waals surface area contributed by atoms with Crippen LogP contribution in [0.2, 0.25) is 0 Å². The third-order valence-corrected chi connectivity index (χ3v) is 3.76. The average molecular weight is 317 g/mol. The number of nitrogens with one attached hydrogen (secondary N) is 1. The van der Waals surface area contributed by atoms with E-state index in [2.05, 4.69) is 24.1 Å². The fraction of sp³-hybridized carbons (Fsp3) is 0.412. The summed E-state index contributed by atoms with van der Waals surface area (Å²) in [7, 11) is 0. The highest BCUT2D eigenvalue weighted by molar-refractivity contribution is 5.96. The second-order valence-electron chi connectivity index (χ2n) is 5.24. The van der Waals surface area contributed by atoms with Crippen LogP contribution in [0.1, 0.15) is 30.6 Å². The zero-order valence-electron chi connectivity index (χ0n) is 13.6. The first-order valence-electron chi connectivity index (χ1n) is 7.91. The van der Waals surface area contributed by atoms with E-state index in [0.29, 0.717) is 25.1 Å². The Hall–Kier alpha value is -2.34. The van der Waals surface area contributed by atoms with Crippen LogP contribution in [0, 0.1) is 0 Å². The van der Waals surface area contributed by atoms with Crippen LogP contribution in [0.25, 0.3) is 11.0 Å². The third-order valence-electron chi connectivity index (χ3n) is 3.76. The van der Waals surface area contributed by atoms with Crippen molar-refractivity contribution in [1.29, 1.82) is 0 Å². The van der Waals surface area contributed by atoms with Crippen LogP contribution in [-0.2, 0) is 0 Å². The Balaban J connectivity index is 2.33. The first-order chi connectivity index (χ1) is 11.1. The lowest BCUT2D eigenvalue weighted by Gasteiger charge is -2.20. The van der Waals surface area contributed by atoms with Gasteiger partial charge in [0.05, 0.1) is 0 Å². The first kappa shape index (κ1) is 17.0. The van der Waals surface area contributed by atoms with Gasteiger partial charge in [0.15, 0.2) is 0 Å². The highest BCUT2D eigenvalue weighted by Gasteiger charge is 2.14. The topological polar surface area (TPSA) is 88.6 Å². The van der Waals surface area contributed by atoms with Crippen LogP contribution >= 0.6 is 0 Å². The van der Waals surface area contributed by atoms with Gasteiger partial charge in [0.25, 0.3) is 5.91 Å². The van der Waals surface area contributed by atoms with Crippen molar-refractivity contribution in [3.63, 3.8) is 0 Å². The number of carbonyl (C=O) groups excluding carboxylic acids is 1. The fourth-order valence-corrected chi connectivity index (χ4v) is 2.44. The summed E-state index contributed by atoms with van der Waals surface area (Å²) < 4.78 is 5.33. The zero-order valence-corrected chi connectivity index (χ0v) is 13.6. The van der Waals surface area contributed by atoms with Gasteiger partial charge in [-0.2, -0.15) is 0 Å². The van der Waals surface area contributed by atoms with Crippen LogP contribution in [0.15, 0.2) is 33.5 Å². The summed E-state index contributed by atoms with van der Waals surface area (Å²) in [5.74, 6) is -0.429. The third kappa shape index (κ3) is 3.90. The maximum absolute atomic E-state index is 12.1. The first-order valence-corrected chi connectivity index (χ1v) is 7.91. The summed E-state index contributed by atoms with van der Waals surface area (Å²) in [5, 5.41) is 3.39. The molecule has 124 valence electrons. The minimum absolute atomic E-state index is 0.0186. The largest absolute Gasteiger partial charge is 0.422 e. The number of fused-ring (bicyclic) bond motifs is 1.